The molecule has 0 aromatic carbocycles. The molecule has 2 heterocycles. The van der Waals surface area contributed by atoms with Gasteiger partial charge in [-0.25, -0.2) is 9.78 Å². The number of nitrogens with zero attached hydrogens (tertiary/aromatic N) is 2. The van der Waals surface area contributed by atoms with Crippen LogP contribution < -0.4 is 10.6 Å². The number of alkyl halides is 2. The Kier molecular flexibility index (Phi) is 8.97. The second-order valence-electron chi connectivity index (χ2n) is 10.5. The molecule has 208 valence electrons. The Morgan fingerprint density at radius 2 is 1.95 bits per heavy atom. The predicted octanol–water partition coefficient (Wildman–Crippen LogP) is 4.58. The molecule has 0 unspecified atom stereocenters. The fraction of sp³-hybridized carbons (Fsp3) is 0.538. The van der Waals surface area contributed by atoms with Crippen LogP contribution in [-0.2, 0) is 25.7 Å². The lowest BCUT2D eigenvalue weighted by molar-refractivity contribution is -0.145. The maximum Gasteiger partial charge on any atom is 0.411 e. The van der Waals surface area contributed by atoms with Crippen molar-refractivity contribution in [2.45, 2.75) is 70.2 Å². The number of rotatable bonds is 11. The third-order valence-corrected chi connectivity index (χ3v) is 6.78. The second-order valence-corrected chi connectivity index (χ2v) is 11.3. The summed E-state index contributed by atoms with van der Waals surface area (Å²) < 4.78 is 39.5. The smallest absolute Gasteiger partial charge is 0.411 e. The molecule has 2 fully saturated rings. The lowest BCUT2D eigenvalue weighted by Crippen LogP contribution is -2.47. The number of carbonyl (C=O) groups is 3. The molecule has 3 rings (SSSR count). The van der Waals surface area contributed by atoms with Gasteiger partial charge in [0.1, 0.15) is 22.1 Å². The Morgan fingerprint density at radius 3 is 2.58 bits per heavy atom. The van der Waals surface area contributed by atoms with Crippen molar-refractivity contribution in [2.24, 2.45) is 5.41 Å². The number of ether oxygens (including phenoxy) is 2. The van der Waals surface area contributed by atoms with Gasteiger partial charge >= 0.3 is 12.0 Å². The van der Waals surface area contributed by atoms with Crippen molar-refractivity contribution in [3.8, 4) is 0 Å². The number of pyridine rings is 1. The van der Waals surface area contributed by atoms with E-state index < -0.39 is 53.4 Å². The fourth-order valence-electron chi connectivity index (χ4n) is 4.49. The quantitative estimate of drug-likeness (QED) is 0.219. The van der Waals surface area contributed by atoms with E-state index in [2.05, 4.69) is 44.7 Å². The van der Waals surface area contributed by atoms with Gasteiger partial charge in [-0.05, 0) is 55.6 Å². The molecule has 38 heavy (non-hydrogen) atoms. The molecule has 3 atom stereocenters. The number of carbonyl (C=O) groups excluding carboxylic acids is 3. The first kappa shape index (κ1) is 29.7. The van der Waals surface area contributed by atoms with E-state index in [1.165, 1.54) is 4.90 Å². The molecule has 2 N–H and O–H groups in total. The Balaban J connectivity index is 1.81. The highest BCUT2D eigenvalue weighted by Gasteiger charge is 2.68. The van der Waals surface area contributed by atoms with Gasteiger partial charge in [0.2, 0.25) is 5.91 Å². The molecule has 1 aromatic heterocycles. The van der Waals surface area contributed by atoms with Gasteiger partial charge in [0.05, 0.1) is 13.2 Å². The maximum absolute atomic E-state index is 14.0. The Bertz CT molecular complexity index is 1110. The first-order valence-corrected chi connectivity index (χ1v) is 13.0. The normalized spacial score (nSPS) is 22.3. The minimum absolute atomic E-state index is 0.109. The summed E-state index contributed by atoms with van der Waals surface area (Å²) in [7, 11) is 0. The van der Waals surface area contributed by atoms with Crippen LogP contribution in [-0.4, -0.2) is 64.6 Å². The van der Waals surface area contributed by atoms with E-state index in [0.29, 0.717) is 23.2 Å². The molecule has 12 heteroatoms. The maximum atomic E-state index is 14.0. The lowest BCUT2D eigenvalue weighted by atomic mass is 9.98. The van der Waals surface area contributed by atoms with Gasteiger partial charge in [0.15, 0.2) is 0 Å². The topological polar surface area (TPSA) is 110 Å². The molecule has 9 nitrogen and oxygen atoms in total. The number of anilines is 1. The number of likely N-dealkylation sites (tertiary alicyclic amines) is 1. The number of fused-ring (bicyclic) bond motifs is 1. The number of amides is 3. The Labute approximate surface area is 229 Å². The van der Waals surface area contributed by atoms with Crippen LogP contribution >= 0.6 is 15.9 Å². The summed E-state index contributed by atoms with van der Waals surface area (Å²) in [5, 5.41) is 5.08. The molecule has 1 saturated heterocycles. The minimum Gasteiger partial charge on any atom is -0.444 e. The van der Waals surface area contributed by atoms with E-state index in [0.717, 1.165) is 6.08 Å². The van der Waals surface area contributed by atoms with Crippen LogP contribution in [0.3, 0.4) is 0 Å². The number of nitrogens with one attached hydrogen (secondary N) is 2. The van der Waals surface area contributed by atoms with Gasteiger partial charge in [-0.2, -0.15) is 8.78 Å². The fourth-order valence-corrected chi connectivity index (χ4v) is 4.80. The largest absolute Gasteiger partial charge is 0.444 e. The summed E-state index contributed by atoms with van der Waals surface area (Å²) in [5.74, 6) is -5.28. The zero-order valence-electron chi connectivity index (χ0n) is 21.7. The molecule has 1 saturated carbocycles. The first-order chi connectivity index (χ1) is 17.7. The standard InChI is InChI=1S/C26H33BrF2N4O5/c1-6-10-26(28,29)22(35)30-15-25-12-17(33(18(25)13-25)23(36)38-24(3,4)5)21(34)32-20-16(14-37-11-7-2)8-9-19(27)31-20/h6-9,17-18H,1-2,10-15H2,3-5H3,(H,30,35)(H,31,32,34)/t17-,18+,25-/m0/s1. The van der Waals surface area contributed by atoms with Crippen LogP contribution in [0.5, 0.6) is 0 Å². The summed E-state index contributed by atoms with van der Waals surface area (Å²) in [5.41, 5.74) is -0.929. The number of hydrogen-bond acceptors (Lipinski definition) is 6. The van der Waals surface area contributed by atoms with Gasteiger partial charge in [-0.3, -0.25) is 14.5 Å². The van der Waals surface area contributed by atoms with E-state index in [-0.39, 0.29) is 25.4 Å². The van der Waals surface area contributed by atoms with Crippen LogP contribution in [0.15, 0.2) is 42.0 Å². The highest BCUT2D eigenvalue weighted by molar-refractivity contribution is 9.10. The number of aromatic nitrogens is 1. The molecular formula is C26H33BrF2N4O5. The van der Waals surface area contributed by atoms with Crippen LogP contribution in [0.2, 0.25) is 0 Å². The number of piperidine rings is 1. The zero-order valence-corrected chi connectivity index (χ0v) is 23.3. The summed E-state index contributed by atoms with van der Waals surface area (Å²) in [6.45, 7) is 12.4. The van der Waals surface area contributed by atoms with Gasteiger partial charge in [-0.15, -0.1) is 13.2 Å². The molecule has 1 aromatic rings. The average Bonchev–Trinajstić information content (AvgIpc) is 3.41. The van der Waals surface area contributed by atoms with Crippen LogP contribution in [0.4, 0.5) is 19.4 Å². The third-order valence-electron chi connectivity index (χ3n) is 6.34. The van der Waals surface area contributed by atoms with E-state index in [1.807, 2.05) is 0 Å². The van der Waals surface area contributed by atoms with Gasteiger partial charge in [0.25, 0.3) is 5.91 Å². The van der Waals surface area contributed by atoms with Crippen LogP contribution in [0.1, 0.15) is 45.6 Å². The molecular weight excluding hydrogens is 566 g/mol. The van der Waals surface area contributed by atoms with Crippen molar-refractivity contribution in [1.82, 2.24) is 15.2 Å². The molecule has 1 aliphatic carbocycles. The summed E-state index contributed by atoms with van der Waals surface area (Å²) in [4.78, 5) is 44.4. The van der Waals surface area contributed by atoms with E-state index in [9.17, 15) is 23.2 Å². The second kappa shape index (κ2) is 11.5. The van der Waals surface area contributed by atoms with Crippen LogP contribution in [0.25, 0.3) is 0 Å². The molecule has 3 amide bonds. The van der Waals surface area contributed by atoms with E-state index in [1.54, 1.807) is 39.0 Å². The van der Waals surface area contributed by atoms with Crippen molar-refractivity contribution in [2.75, 3.05) is 18.5 Å². The number of allylic oxidation sites excluding steroid dienone is 1. The molecule has 0 bridgehead atoms. The zero-order chi connectivity index (χ0) is 28.3. The average molecular weight is 599 g/mol. The third kappa shape index (κ3) is 6.96. The lowest BCUT2D eigenvalue weighted by Gasteiger charge is -2.29. The number of hydrogen-bond donors (Lipinski definition) is 2. The molecule has 1 aliphatic heterocycles. The van der Waals surface area contributed by atoms with Gasteiger partial charge in [0, 0.05) is 30.0 Å². The minimum atomic E-state index is -3.60. The highest BCUT2D eigenvalue weighted by atomic mass is 79.9. The highest BCUT2D eigenvalue weighted by Crippen LogP contribution is 2.59. The Morgan fingerprint density at radius 1 is 1.24 bits per heavy atom. The summed E-state index contributed by atoms with van der Waals surface area (Å²) in [6, 6.07) is 2.04. The summed E-state index contributed by atoms with van der Waals surface area (Å²) in [6.07, 6.45) is 1.69. The van der Waals surface area contributed by atoms with E-state index >= 15 is 0 Å². The monoisotopic (exact) mass is 598 g/mol. The molecule has 0 spiro atoms. The van der Waals surface area contributed by atoms with Gasteiger partial charge < -0.3 is 20.1 Å². The SMILES string of the molecule is C=CCOCc1ccc(Br)nc1NC(=O)[C@@H]1C[C@@]2(CNC(=O)C(F)(F)CC=C)C[C@H]2N1C(=O)OC(C)(C)C. The van der Waals surface area contributed by atoms with E-state index in [4.69, 9.17) is 9.47 Å². The predicted molar refractivity (Wildman–Crippen MR) is 141 cm³/mol. The molecule has 0 radical (unpaired) electrons. The first-order valence-electron chi connectivity index (χ1n) is 12.2. The van der Waals surface area contributed by atoms with Crippen molar-refractivity contribution < 1.29 is 32.6 Å². The number of halogens is 3. The van der Waals surface area contributed by atoms with Crippen molar-refractivity contribution in [3.05, 3.63) is 47.6 Å². The van der Waals surface area contributed by atoms with Crippen LogP contribution in [0, 0.1) is 5.41 Å². The van der Waals surface area contributed by atoms with Crippen molar-refractivity contribution in [3.63, 3.8) is 0 Å². The molecule has 2 aliphatic rings. The van der Waals surface area contributed by atoms with Crippen molar-refractivity contribution >= 4 is 39.7 Å². The summed E-state index contributed by atoms with van der Waals surface area (Å²) >= 11 is 3.29. The van der Waals surface area contributed by atoms with Crippen molar-refractivity contribution in [1.29, 1.82) is 0 Å². The Hall–Kier alpha value is -2.86. The van der Waals surface area contributed by atoms with Gasteiger partial charge in [-0.1, -0.05) is 18.2 Å².